The van der Waals surface area contributed by atoms with Crippen LogP contribution in [0.25, 0.3) is 0 Å². The number of rotatable bonds is 1. The predicted molar refractivity (Wildman–Crippen MR) is 41.1 cm³/mol. The molecule has 0 saturated heterocycles. The van der Waals surface area contributed by atoms with Gasteiger partial charge in [0, 0.05) is 0 Å². The lowest BCUT2D eigenvalue weighted by Gasteiger charge is -2.29. The molecule has 0 aromatic carbocycles. The highest BCUT2D eigenvalue weighted by Crippen LogP contribution is 2.50. The molecule has 0 aromatic rings. The van der Waals surface area contributed by atoms with Gasteiger partial charge < -0.3 is 5.11 Å². The third-order valence-corrected chi connectivity index (χ3v) is 3.43. The normalized spacial score (nSPS) is 48.2. The van der Waals surface area contributed by atoms with Crippen LogP contribution in [0.1, 0.15) is 32.6 Å². The number of ketones is 1. The molecule has 0 aliphatic heterocycles. The van der Waals surface area contributed by atoms with Crippen molar-refractivity contribution < 1.29 is 9.90 Å². The summed E-state index contributed by atoms with van der Waals surface area (Å²) in [5.74, 6) is 0.892. The maximum atomic E-state index is 11.1. The highest BCUT2D eigenvalue weighted by Gasteiger charge is 2.52. The Kier molecular flexibility index (Phi) is 1.37. The minimum absolute atomic E-state index is 0.0234. The number of carbonyl (C=O) groups is 1. The highest BCUT2D eigenvalue weighted by molar-refractivity contribution is 5.85. The number of hydrogen-bond donors (Lipinski definition) is 1. The van der Waals surface area contributed by atoms with E-state index < -0.39 is 5.60 Å². The van der Waals surface area contributed by atoms with Gasteiger partial charge in [-0.15, -0.1) is 0 Å². The van der Waals surface area contributed by atoms with Gasteiger partial charge in [0.25, 0.3) is 0 Å². The fourth-order valence-corrected chi connectivity index (χ4v) is 2.73. The van der Waals surface area contributed by atoms with E-state index in [4.69, 9.17) is 0 Å². The number of hydrogen-bond acceptors (Lipinski definition) is 2. The van der Waals surface area contributed by atoms with Crippen molar-refractivity contribution in [2.75, 3.05) is 0 Å². The molecule has 2 heteroatoms. The lowest BCUT2D eigenvalue weighted by molar-refractivity contribution is -0.140. The first-order valence-electron chi connectivity index (χ1n) is 4.36. The summed E-state index contributed by atoms with van der Waals surface area (Å²) in [6.07, 6.45) is 4.09. The van der Waals surface area contributed by atoms with Crippen molar-refractivity contribution in [1.29, 1.82) is 0 Å². The smallest absolute Gasteiger partial charge is 0.161 e. The number of aliphatic hydroxyl groups is 1. The summed E-state index contributed by atoms with van der Waals surface area (Å²) in [4.78, 5) is 11.1. The minimum Gasteiger partial charge on any atom is -0.382 e. The second kappa shape index (κ2) is 2.07. The SMILES string of the molecule is CC(=O)[C@@]1(O)C[C@@H]2CC[C@H]1C2. The average molecular weight is 154 g/mol. The van der Waals surface area contributed by atoms with E-state index in [-0.39, 0.29) is 11.7 Å². The molecule has 0 amide bonds. The largest absolute Gasteiger partial charge is 0.382 e. The van der Waals surface area contributed by atoms with Crippen LogP contribution in [-0.2, 0) is 4.79 Å². The maximum Gasteiger partial charge on any atom is 0.161 e. The second-order valence-electron chi connectivity index (χ2n) is 4.06. The van der Waals surface area contributed by atoms with Crippen molar-refractivity contribution in [3.8, 4) is 0 Å². The van der Waals surface area contributed by atoms with Crippen LogP contribution in [0.15, 0.2) is 0 Å². The summed E-state index contributed by atoms with van der Waals surface area (Å²) in [6, 6.07) is 0. The molecular formula is C9H14O2. The van der Waals surface area contributed by atoms with Gasteiger partial charge in [-0.2, -0.15) is 0 Å². The van der Waals surface area contributed by atoms with Crippen LogP contribution in [0.5, 0.6) is 0 Å². The molecule has 0 aromatic heterocycles. The van der Waals surface area contributed by atoms with Crippen LogP contribution in [0, 0.1) is 11.8 Å². The van der Waals surface area contributed by atoms with E-state index in [1.165, 1.54) is 13.3 Å². The van der Waals surface area contributed by atoms with Crippen molar-refractivity contribution in [1.82, 2.24) is 0 Å². The molecule has 0 unspecified atom stereocenters. The van der Waals surface area contributed by atoms with Gasteiger partial charge in [0.1, 0.15) is 5.60 Å². The Morgan fingerprint density at radius 1 is 1.55 bits per heavy atom. The summed E-state index contributed by atoms with van der Waals surface area (Å²) in [7, 11) is 0. The standard InChI is InChI=1S/C9H14O2/c1-6(10)9(11)5-7-2-3-8(9)4-7/h7-8,11H,2-5H2,1H3/t7-,8+,9+/m1/s1. The first-order chi connectivity index (χ1) is 5.13. The lowest BCUT2D eigenvalue weighted by Crippen LogP contribution is -2.42. The Morgan fingerprint density at radius 3 is 2.55 bits per heavy atom. The molecule has 3 atom stereocenters. The van der Waals surface area contributed by atoms with E-state index in [1.807, 2.05) is 0 Å². The molecule has 0 heterocycles. The second-order valence-corrected chi connectivity index (χ2v) is 4.06. The number of fused-ring (bicyclic) bond motifs is 2. The number of carbonyl (C=O) groups excluding carboxylic acids is 1. The summed E-state index contributed by atoms with van der Waals surface area (Å²) < 4.78 is 0. The van der Waals surface area contributed by atoms with E-state index in [9.17, 15) is 9.90 Å². The zero-order chi connectivity index (χ0) is 8.06. The third-order valence-electron chi connectivity index (χ3n) is 3.43. The Bertz CT molecular complexity index is 200. The topological polar surface area (TPSA) is 37.3 Å². The van der Waals surface area contributed by atoms with Crippen LogP contribution in [0.4, 0.5) is 0 Å². The molecule has 0 radical (unpaired) electrons. The predicted octanol–water partition coefficient (Wildman–Crippen LogP) is 1.13. The summed E-state index contributed by atoms with van der Waals surface area (Å²) in [6.45, 7) is 1.51. The van der Waals surface area contributed by atoms with Crippen LogP contribution in [-0.4, -0.2) is 16.5 Å². The van der Waals surface area contributed by atoms with E-state index in [2.05, 4.69) is 0 Å². The first-order valence-corrected chi connectivity index (χ1v) is 4.36. The van der Waals surface area contributed by atoms with Crippen LogP contribution < -0.4 is 0 Å². The Labute approximate surface area is 66.6 Å². The van der Waals surface area contributed by atoms with Gasteiger partial charge in [-0.1, -0.05) is 0 Å². The summed E-state index contributed by atoms with van der Waals surface area (Å²) in [5, 5.41) is 9.91. The van der Waals surface area contributed by atoms with Crippen molar-refractivity contribution in [3.63, 3.8) is 0 Å². The fraction of sp³-hybridized carbons (Fsp3) is 0.889. The van der Waals surface area contributed by atoms with Crippen LogP contribution in [0.3, 0.4) is 0 Å². The van der Waals surface area contributed by atoms with Crippen LogP contribution >= 0.6 is 0 Å². The Hall–Kier alpha value is -0.370. The Balaban J connectivity index is 2.23. The molecule has 2 aliphatic rings. The van der Waals surface area contributed by atoms with Gasteiger partial charge >= 0.3 is 0 Å². The zero-order valence-electron chi connectivity index (χ0n) is 6.84. The minimum atomic E-state index is -0.928. The van der Waals surface area contributed by atoms with E-state index >= 15 is 0 Å². The highest BCUT2D eigenvalue weighted by atomic mass is 16.3. The summed E-state index contributed by atoms with van der Waals surface area (Å²) >= 11 is 0. The van der Waals surface area contributed by atoms with Crippen molar-refractivity contribution in [3.05, 3.63) is 0 Å². The van der Waals surface area contributed by atoms with Crippen molar-refractivity contribution in [2.45, 2.75) is 38.2 Å². The molecule has 2 rings (SSSR count). The Morgan fingerprint density at radius 2 is 2.27 bits per heavy atom. The van der Waals surface area contributed by atoms with Crippen LogP contribution in [0.2, 0.25) is 0 Å². The molecule has 0 spiro atoms. The van der Waals surface area contributed by atoms with Crippen molar-refractivity contribution in [2.24, 2.45) is 11.8 Å². The molecule has 2 nitrogen and oxygen atoms in total. The molecule has 62 valence electrons. The molecule has 11 heavy (non-hydrogen) atoms. The van der Waals surface area contributed by atoms with Crippen molar-refractivity contribution >= 4 is 5.78 Å². The van der Waals surface area contributed by atoms with Gasteiger partial charge in [0.2, 0.25) is 0 Å². The lowest BCUT2D eigenvalue weighted by atomic mass is 9.81. The maximum absolute atomic E-state index is 11.1. The van der Waals surface area contributed by atoms with E-state index in [0.717, 1.165) is 19.3 Å². The monoisotopic (exact) mass is 154 g/mol. The van der Waals surface area contributed by atoms with E-state index in [1.54, 1.807) is 0 Å². The third kappa shape index (κ3) is 0.853. The van der Waals surface area contributed by atoms with Gasteiger partial charge in [-0.05, 0) is 44.4 Å². The molecule has 1 N–H and O–H groups in total. The molecular weight excluding hydrogens is 140 g/mol. The molecule has 2 fully saturated rings. The van der Waals surface area contributed by atoms with Gasteiger partial charge in [0.15, 0.2) is 5.78 Å². The zero-order valence-corrected chi connectivity index (χ0v) is 6.84. The van der Waals surface area contributed by atoms with Gasteiger partial charge in [-0.25, -0.2) is 0 Å². The van der Waals surface area contributed by atoms with E-state index in [0.29, 0.717) is 5.92 Å². The van der Waals surface area contributed by atoms with Gasteiger partial charge in [-0.3, -0.25) is 4.79 Å². The fourth-order valence-electron chi connectivity index (χ4n) is 2.73. The first kappa shape index (κ1) is 7.29. The molecule has 2 bridgehead atoms. The average Bonchev–Trinajstić information content (AvgIpc) is 2.45. The molecule has 2 aliphatic carbocycles. The molecule has 2 saturated carbocycles. The van der Waals surface area contributed by atoms with Gasteiger partial charge in [0.05, 0.1) is 0 Å². The summed E-state index contributed by atoms with van der Waals surface area (Å²) in [5.41, 5.74) is -0.928. The number of Topliss-reactive ketones (excluding diaryl/α,β-unsaturated/α-hetero) is 1. The quantitative estimate of drug-likeness (QED) is 0.614.